The number of methoxy groups -OCH3 is 1. The topological polar surface area (TPSA) is 79.4 Å². The molecule has 0 saturated heterocycles. The van der Waals surface area contributed by atoms with Gasteiger partial charge in [0.15, 0.2) is 0 Å². The molecule has 0 bridgehead atoms. The molecular formula is C13H17N3O3. The summed E-state index contributed by atoms with van der Waals surface area (Å²) in [5.74, 6) is 0. The highest BCUT2D eigenvalue weighted by Crippen LogP contribution is 2.10. The molecule has 1 aromatic carbocycles. The Bertz CT molecular complexity index is 610. The van der Waals surface area contributed by atoms with Crippen LogP contribution in [0.5, 0.6) is 0 Å². The lowest BCUT2D eigenvalue weighted by Crippen LogP contribution is -2.23. The Morgan fingerprint density at radius 3 is 2.95 bits per heavy atom. The lowest BCUT2D eigenvalue weighted by atomic mass is 10.2. The molecule has 0 aliphatic heterocycles. The second-order valence-electron chi connectivity index (χ2n) is 4.12. The summed E-state index contributed by atoms with van der Waals surface area (Å²) in [5, 5.41) is 0.527. The average Bonchev–Trinajstić information content (AvgIpc) is 2.41. The third-order valence-electron chi connectivity index (χ3n) is 2.76. The highest BCUT2D eigenvalue weighted by atomic mass is 16.5. The van der Waals surface area contributed by atoms with Gasteiger partial charge in [0.2, 0.25) is 0 Å². The lowest BCUT2D eigenvalue weighted by molar-refractivity contribution is 0.0662. The van der Waals surface area contributed by atoms with Crippen molar-refractivity contribution in [3.63, 3.8) is 0 Å². The van der Waals surface area contributed by atoms with E-state index >= 15 is 0 Å². The van der Waals surface area contributed by atoms with E-state index in [0.29, 0.717) is 43.0 Å². The molecule has 6 nitrogen and oxygen atoms in total. The fourth-order valence-electron chi connectivity index (χ4n) is 1.74. The van der Waals surface area contributed by atoms with E-state index in [1.54, 1.807) is 25.3 Å². The summed E-state index contributed by atoms with van der Waals surface area (Å²) in [6, 6.07) is 5.12. The molecule has 6 heteroatoms. The number of rotatable bonds is 6. The van der Waals surface area contributed by atoms with Crippen molar-refractivity contribution >= 4 is 16.6 Å². The molecule has 0 unspecified atom stereocenters. The maximum Gasteiger partial charge on any atom is 0.261 e. The Hall–Kier alpha value is -1.92. The minimum Gasteiger partial charge on any atom is -0.399 e. The van der Waals surface area contributed by atoms with Gasteiger partial charge in [0, 0.05) is 12.8 Å². The molecule has 0 aliphatic carbocycles. The summed E-state index contributed by atoms with van der Waals surface area (Å²) in [4.78, 5) is 16.4. The molecule has 0 atom stereocenters. The van der Waals surface area contributed by atoms with Crippen molar-refractivity contribution < 1.29 is 9.47 Å². The first-order chi connectivity index (χ1) is 9.22. The van der Waals surface area contributed by atoms with Crippen LogP contribution in [0.25, 0.3) is 10.9 Å². The highest BCUT2D eigenvalue weighted by Gasteiger charge is 2.04. The van der Waals surface area contributed by atoms with Crippen LogP contribution in [-0.4, -0.2) is 36.5 Å². The molecule has 0 radical (unpaired) electrons. The van der Waals surface area contributed by atoms with Crippen LogP contribution in [0.3, 0.4) is 0 Å². The maximum atomic E-state index is 12.2. The predicted octanol–water partition coefficient (Wildman–Crippen LogP) is 0.642. The van der Waals surface area contributed by atoms with E-state index in [1.807, 2.05) is 0 Å². The van der Waals surface area contributed by atoms with Gasteiger partial charge >= 0.3 is 0 Å². The molecule has 2 aromatic rings. The molecule has 2 rings (SSSR count). The predicted molar refractivity (Wildman–Crippen MR) is 73.1 cm³/mol. The zero-order valence-corrected chi connectivity index (χ0v) is 10.8. The summed E-state index contributed by atoms with van der Waals surface area (Å²) in [7, 11) is 1.62. The van der Waals surface area contributed by atoms with E-state index in [2.05, 4.69) is 4.98 Å². The van der Waals surface area contributed by atoms with Crippen molar-refractivity contribution in [1.82, 2.24) is 9.55 Å². The molecule has 0 fully saturated rings. The molecule has 0 aliphatic rings. The summed E-state index contributed by atoms with van der Waals surface area (Å²) in [5.41, 5.74) is 6.78. The minimum atomic E-state index is -0.104. The number of benzene rings is 1. The Labute approximate surface area is 110 Å². The second kappa shape index (κ2) is 6.31. The molecular weight excluding hydrogens is 246 g/mol. The Kier molecular flexibility index (Phi) is 4.48. The SMILES string of the molecule is COCCOCCn1cnc2ccc(N)cc2c1=O. The molecule has 0 spiro atoms. The van der Waals surface area contributed by atoms with Gasteiger partial charge in [0.25, 0.3) is 5.56 Å². The quantitative estimate of drug-likeness (QED) is 0.611. The van der Waals surface area contributed by atoms with Crippen LogP contribution in [0, 0.1) is 0 Å². The fourth-order valence-corrected chi connectivity index (χ4v) is 1.74. The molecule has 0 amide bonds. The van der Waals surface area contributed by atoms with Gasteiger partial charge in [-0.3, -0.25) is 9.36 Å². The van der Waals surface area contributed by atoms with Crippen LogP contribution in [-0.2, 0) is 16.0 Å². The van der Waals surface area contributed by atoms with Gasteiger partial charge in [-0.2, -0.15) is 0 Å². The van der Waals surface area contributed by atoms with Gasteiger partial charge in [0.05, 0.1) is 43.6 Å². The Balaban J connectivity index is 2.11. The Morgan fingerprint density at radius 2 is 2.16 bits per heavy atom. The van der Waals surface area contributed by atoms with E-state index in [1.165, 1.54) is 10.9 Å². The van der Waals surface area contributed by atoms with E-state index in [0.717, 1.165) is 0 Å². The third kappa shape index (κ3) is 3.30. The van der Waals surface area contributed by atoms with Gasteiger partial charge < -0.3 is 15.2 Å². The van der Waals surface area contributed by atoms with Gasteiger partial charge in [-0.15, -0.1) is 0 Å². The number of aromatic nitrogens is 2. The Morgan fingerprint density at radius 1 is 1.32 bits per heavy atom. The van der Waals surface area contributed by atoms with E-state index in [4.69, 9.17) is 15.2 Å². The fraction of sp³-hybridized carbons (Fsp3) is 0.385. The number of ether oxygens (including phenoxy) is 2. The summed E-state index contributed by atoms with van der Waals surface area (Å²) < 4.78 is 11.7. The van der Waals surface area contributed by atoms with Crippen molar-refractivity contribution in [3.05, 3.63) is 34.9 Å². The third-order valence-corrected chi connectivity index (χ3v) is 2.76. The molecule has 0 saturated carbocycles. The monoisotopic (exact) mass is 263 g/mol. The highest BCUT2D eigenvalue weighted by molar-refractivity contribution is 5.80. The van der Waals surface area contributed by atoms with Crippen LogP contribution in [0.15, 0.2) is 29.3 Å². The first-order valence-electron chi connectivity index (χ1n) is 6.03. The van der Waals surface area contributed by atoms with Crippen LogP contribution in [0.2, 0.25) is 0 Å². The number of nitrogens with zero attached hydrogens (tertiary/aromatic N) is 2. The largest absolute Gasteiger partial charge is 0.399 e. The maximum absolute atomic E-state index is 12.2. The number of anilines is 1. The van der Waals surface area contributed by atoms with E-state index in [-0.39, 0.29) is 5.56 Å². The average molecular weight is 263 g/mol. The lowest BCUT2D eigenvalue weighted by Gasteiger charge is -2.07. The molecule has 1 aromatic heterocycles. The number of hydrogen-bond donors (Lipinski definition) is 1. The molecule has 2 N–H and O–H groups in total. The number of nitrogen functional groups attached to an aromatic ring is 1. The van der Waals surface area contributed by atoms with Gasteiger partial charge in [-0.25, -0.2) is 4.98 Å². The van der Waals surface area contributed by atoms with Crippen LogP contribution < -0.4 is 11.3 Å². The van der Waals surface area contributed by atoms with E-state index in [9.17, 15) is 4.79 Å². The number of nitrogens with two attached hydrogens (primary N) is 1. The van der Waals surface area contributed by atoms with Gasteiger partial charge in [0.1, 0.15) is 0 Å². The minimum absolute atomic E-state index is 0.104. The van der Waals surface area contributed by atoms with Crippen molar-refractivity contribution in [1.29, 1.82) is 0 Å². The zero-order valence-electron chi connectivity index (χ0n) is 10.8. The van der Waals surface area contributed by atoms with Crippen molar-refractivity contribution in [3.8, 4) is 0 Å². The van der Waals surface area contributed by atoms with Gasteiger partial charge in [-0.1, -0.05) is 0 Å². The normalized spacial score (nSPS) is 11.0. The van der Waals surface area contributed by atoms with Crippen LogP contribution in [0.4, 0.5) is 5.69 Å². The first kappa shape index (κ1) is 13.5. The molecule has 102 valence electrons. The smallest absolute Gasteiger partial charge is 0.261 e. The van der Waals surface area contributed by atoms with Crippen molar-refractivity contribution in [2.75, 3.05) is 32.7 Å². The number of hydrogen-bond acceptors (Lipinski definition) is 5. The second-order valence-corrected chi connectivity index (χ2v) is 4.12. The van der Waals surface area contributed by atoms with E-state index < -0.39 is 0 Å². The molecule has 1 heterocycles. The molecule has 19 heavy (non-hydrogen) atoms. The number of fused-ring (bicyclic) bond motifs is 1. The van der Waals surface area contributed by atoms with Crippen LogP contribution >= 0.6 is 0 Å². The first-order valence-corrected chi connectivity index (χ1v) is 6.03. The summed E-state index contributed by atoms with van der Waals surface area (Å²) in [6.45, 7) is 1.96. The van der Waals surface area contributed by atoms with Crippen molar-refractivity contribution in [2.24, 2.45) is 0 Å². The van der Waals surface area contributed by atoms with Crippen molar-refractivity contribution in [2.45, 2.75) is 6.54 Å². The standard InChI is InChI=1S/C13H17N3O3/c1-18-6-7-19-5-4-16-9-15-12-3-2-10(14)8-11(12)13(16)17/h2-3,8-9H,4-7,14H2,1H3. The zero-order chi connectivity index (χ0) is 13.7. The summed E-state index contributed by atoms with van der Waals surface area (Å²) >= 11 is 0. The van der Waals surface area contributed by atoms with Crippen LogP contribution in [0.1, 0.15) is 0 Å². The summed E-state index contributed by atoms with van der Waals surface area (Å²) in [6.07, 6.45) is 1.53. The van der Waals surface area contributed by atoms with Gasteiger partial charge in [-0.05, 0) is 18.2 Å².